The monoisotopic (exact) mass is 309 g/mol. The van der Waals surface area contributed by atoms with Gasteiger partial charge in [0.05, 0.1) is 5.56 Å². The molecule has 0 bridgehead atoms. The largest absolute Gasteiger partial charge is 0.484 e. The van der Waals surface area contributed by atoms with Crippen molar-refractivity contribution < 1.29 is 22.7 Å². The number of ether oxygens (including phenoxy) is 1. The van der Waals surface area contributed by atoms with E-state index in [2.05, 4.69) is 5.32 Å². The summed E-state index contributed by atoms with van der Waals surface area (Å²) in [5, 5.41) is 2.47. The van der Waals surface area contributed by atoms with Gasteiger partial charge >= 0.3 is 6.18 Å². The number of alkyl halides is 3. The number of carbonyl (C=O) groups is 1. The number of halogens is 3. The highest BCUT2D eigenvalue weighted by Gasteiger charge is 2.29. The number of anilines is 1. The van der Waals surface area contributed by atoms with Gasteiger partial charge in [0.15, 0.2) is 6.61 Å². The molecular weight excluding hydrogens is 295 g/mol. The van der Waals surface area contributed by atoms with Gasteiger partial charge < -0.3 is 10.1 Å². The van der Waals surface area contributed by atoms with Gasteiger partial charge in [-0.15, -0.1) is 0 Å². The number of amides is 1. The first-order valence-electron chi connectivity index (χ1n) is 6.51. The molecule has 22 heavy (non-hydrogen) atoms. The van der Waals surface area contributed by atoms with Crippen LogP contribution in [0.1, 0.15) is 11.1 Å². The van der Waals surface area contributed by atoms with E-state index in [0.717, 1.165) is 17.7 Å². The van der Waals surface area contributed by atoms with Crippen LogP contribution in [-0.2, 0) is 11.0 Å². The number of aryl methyl sites for hydroxylation is 1. The summed E-state index contributed by atoms with van der Waals surface area (Å²) in [7, 11) is 0. The Morgan fingerprint density at radius 1 is 1.05 bits per heavy atom. The zero-order valence-corrected chi connectivity index (χ0v) is 11.8. The third-order valence-corrected chi connectivity index (χ3v) is 2.89. The van der Waals surface area contributed by atoms with E-state index >= 15 is 0 Å². The van der Waals surface area contributed by atoms with Gasteiger partial charge in [0, 0.05) is 5.69 Å². The standard InChI is InChI=1S/C16H14F3NO2/c1-11-2-8-14(9-3-11)22-10-15(21)20-13-6-4-12(5-7-13)16(17,18)19/h2-9H,10H2,1H3,(H,20,21). The molecule has 0 atom stereocenters. The van der Waals surface area contributed by atoms with Crippen LogP contribution in [-0.4, -0.2) is 12.5 Å². The quantitative estimate of drug-likeness (QED) is 0.926. The molecule has 0 radical (unpaired) electrons. The van der Waals surface area contributed by atoms with E-state index in [9.17, 15) is 18.0 Å². The van der Waals surface area contributed by atoms with E-state index in [1.807, 2.05) is 19.1 Å². The van der Waals surface area contributed by atoms with Crippen LogP contribution in [0.3, 0.4) is 0 Å². The van der Waals surface area contributed by atoms with Crippen LogP contribution in [0.25, 0.3) is 0 Å². The van der Waals surface area contributed by atoms with Gasteiger partial charge in [0.25, 0.3) is 5.91 Å². The Kier molecular flexibility index (Phi) is 4.70. The first-order valence-corrected chi connectivity index (χ1v) is 6.51. The third-order valence-electron chi connectivity index (χ3n) is 2.89. The molecule has 1 amide bonds. The minimum atomic E-state index is -4.39. The Labute approximate surface area is 125 Å². The van der Waals surface area contributed by atoms with Gasteiger partial charge in [-0.2, -0.15) is 13.2 Å². The van der Waals surface area contributed by atoms with Crippen LogP contribution in [0, 0.1) is 6.92 Å². The van der Waals surface area contributed by atoms with Crippen molar-refractivity contribution in [3.8, 4) is 5.75 Å². The normalized spacial score (nSPS) is 11.1. The Morgan fingerprint density at radius 3 is 2.18 bits per heavy atom. The summed E-state index contributed by atoms with van der Waals surface area (Å²) in [6.45, 7) is 1.71. The first-order chi connectivity index (χ1) is 10.3. The van der Waals surface area contributed by atoms with Crippen LogP contribution >= 0.6 is 0 Å². The van der Waals surface area contributed by atoms with Gasteiger partial charge in [-0.1, -0.05) is 17.7 Å². The minimum absolute atomic E-state index is 0.218. The lowest BCUT2D eigenvalue weighted by atomic mass is 10.2. The Morgan fingerprint density at radius 2 is 1.64 bits per heavy atom. The van der Waals surface area contributed by atoms with E-state index < -0.39 is 17.6 Å². The summed E-state index contributed by atoms with van der Waals surface area (Å²) in [4.78, 5) is 11.7. The van der Waals surface area contributed by atoms with E-state index in [4.69, 9.17) is 4.74 Å². The van der Waals surface area contributed by atoms with E-state index in [-0.39, 0.29) is 12.3 Å². The minimum Gasteiger partial charge on any atom is -0.484 e. The predicted molar refractivity (Wildman–Crippen MR) is 76.7 cm³/mol. The van der Waals surface area contributed by atoms with Crippen LogP contribution in [0.4, 0.5) is 18.9 Å². The molecular formula is C16H14F3NO2. The van der Waals surface area contributed by atoms with Crippen molar-refractivity contribution in [2.75, 3.05) is 11.9 Å². The van der Waals surface area contributed by atoms with Crippen molar-refractivity contribution in [1.82, 2.24) is 0 Å². The van der Waals surface area contributed by atoms with Gasteiger partial charge in [-0.3, -0.25) is 4.79 Å². The number of hydrogen-bond donors (Lipinski definition) is 1. The Hall–Kier alpha value is -2.50. The van der Waals surface area contributed by atoms with Crippen molar-refractivity contribution in [1.29, 1.82) is 0 Å². The van der Waals surface area contributed by atoms with Gasteiger partial charge in [0.2, 0.25) is 0 Å². The number of benzene rings is 2. The molecule has 0 aliphatic rings. The zero-order chi connectivity index (χ0) is 16.2. The van der Waals surface area contributed by atoms with Crippen molar-refractivity contribution in [3.63, 3.8) is 0 Å². The summed E-state index contributed by atoms with van der Waals surface area (Å²) in [5.74, 6) is 0.105. The maximum atomic E-state index is 12.4. The average Bonchev–Trinajstić information content (AvgIpc) is 2.46. The van der Waals surface area contributed by atoms with Gasteiger partial charge in [-0.25, -0.2) is 0 Å². The molecule has 0 unspecified atom stereocenters. The molecule has 0 saturated heterocycles. The van der Waals surface area contributed by atoms with Crippen molar-refractivity contribution in [2.24, 2.45) is 0 Å². The Balaban J connectivity index is 1.88. The fraction of sp³-hybridized carbons (Fsp3) is 0.188. The van der Waals surface area contributed by atoms with Crippen LogP contribution < -0.4 is 10.1 Å². The van der Waals surface area contributed by atoms with E-state index in [1.165, 1.54) is 12.1 Å². The second-order valence-electron chi connectivity index (χ2n) is 4.73. The molecule has 3 nitrogen and oxygen atoms in total. The lowest BCUT2D eigenvalue weighted by molar-refractivity contribution is -0.137. The van der Waals surface area contributed by atoms with Gasteiger partial charge in [0.1, 0.15) is 5.75 Å². The molecule has 2 rings (SSSR count). The van der Waals surface area contributed by atoms with Crippen LogP contribution in [0.15, 0.2) is 48.5 Å². The van der Waals surface area contributed by atoms with Crippen molar-refractivity contribution in [3.05, 3.63) is 59.7 Å². The molecule has 1 N–H and O–H groups in total. The number of hydrogen-bond acceptors (Lipinski definition) is 2. The molecule has 6 heteroatoms. The zero-order valence-electron chi connectivity index (χ0n) is 11.8. The molecule has 2 aromatic rings. The van der Waals surface area contributed by atoms with E-state index in [1.54, 1.807) is 12.1 Å². The molecule has 0 aromatic heterocycles. The summed E-state index contributed by atoms with van der Waals surface area (Å²) in [6.07, 6.45) is -4.39. The predicted octanol–water partition coefficient (Wildman–Crippen LogP) is 4.03. The molecule has 0 spiro atoms. The molecule has 0 saturated carbocycles. The smallest absolute Gasteiger partial charge is 0.416 e. The van der Waals surface area contributed by atoms with Crippen molar-refractivity contribution in [2.45, 2.75) is 13.1 Å². The highest BCUT2D eigenvalue weighted by Crippen LogP contribution is 2.29. The van der Waals surface area contributed by atoms with Crippen molar-refractivity contribution >= 4 is 11.6 Å². The first kappa shape index (κ1) is 15.9. The second kappa shape index (κ2) is 6.51. The van der Waals surface area contributed by atoms with E-state index in [0.29, 0.717) is 5.75 Å². The number of carbonyl (C=O) groups excluding carboxylic acids is 1. The molecule has 116 valence electrons. The maximum absolute atomic E-state index is 12.4. The maximum Gasteiger partial charge on any atom is 0.416 e. The molecule has 0 heterocycles. The summed E-state index contributed by atoms with van der Waals surface area (Å²) in [5.41, 5.74) is 0.591. The summed E-state index contributed by atoms with van der Waals surface area (Å²) >= 11 is 0. The Bertz CT molecular complexity index is 634. The fourth-order valence-corrected chi connectivity index (χ4v) is 1.72. The van der Waals surface area contributed by atoms with Crippen LogP contribution in [0.5, 0.6) is 5.75 Å². The summed E-state index contributed by atoms with van der Waals surface area (Å²) < 4.78 is 42.5. The third kappa shape index (κ3) is 4.51. The molecule has 2 aromatic carbocycles. The SMILES string of the molecule is Cc1ccc(OCC(=O)Nc2ccc(C(F)(F)F)cc2)cc1. The topological polar surface area (TPSA) is 38.3 Å². The highest BCUT2D eigenvalue weighted by atomic mass is 19.4. The lowest BCUT2D eigenvalue weighted by Gasteiger charge is -2.09. The summed E-state index contributed by atoms with van der Waals surface area (Å²) in [6, 6.07) is 11.4. The average molecular weight is 309 g/mol. The fourth-order valence-electron chi connectivity index (χ4n) is 1.72. The highest BCUT2D eigenvalue weighted by molar-refractivity contribution is 5.91. The number of nitrogens with one attached hydrogen (secondary N) is 1. The second-order valence-corrected chi connectivity index (χ2v) is 4.73. The molecule has 0 aliphatic heterocycles. The number of rotatable bonds is 4. The lowest BCUT2D eigenvalue weighted by Crippen LogP contribution is -2.20. The van der Waals surface area contributed by atoms with Crippen LogP contribution in [0.2, 0.25) is 0 Å². The molecule has 0 aliphatic carbocycles. The molecule has 0 fully saturated rings. The van der Waals surface area contributed by atoms with Gasteiger partial charge in [-0.05, 0) is 43.3 Å².